The Hall–Kier alpha value is -1.61. The van der Waals surface area contributed by atoms with Crippen LogP contribution in [0.2, 0.25) is 0 Å². The molecule has 1 N–H and O–H groups in total. The highest BCUT2D eigenvalue weighted by Gasteiger charge is 2.40. The Morgan fingerprint density at radius 3 is 2.79 bits per heavy atom. The molecule has 1 heterocycles. The maximum Gasteiger partial charge on any atom is 0.308 e. The van der Waals surface area contributed by atoms with Gasteiger partial charge in [-0.05, 0) is 18.4 Å². The summed E-state index contributed by atoms with van der Waals surface area (Å²) in [4.78, 5) is 11.6. The van der Waals surface area contributed by atoms with Crippen molar-refractivity contribution in [3.63, 3.8) is 0 Å². The van der Waals surface area contributed by atoms with Crippen LogP contribution < -0.4 is 0 Å². The summed E-state index contributed by atoms with van der Waals surface area (Å²) in [6, 6.07) is 10.1. The molecule has 1 unspecified atom stereocenters. The molecule has 2 rings (SSSR count). The van der Waals surface area contributed by atoms with E-state index in [1.807, 2.05) is 18.2 Å². The van der Waals surface area contributed by atoms with E-state index >= 15 is 0 Å². The summed E-state index contributed by atoms with van der Waals surface area (Å²) in [5, 5.41) is 9.80. The van der Waals surface area contributed by atoms with Crippen LogP contribution in [0.5, 0.6) is 0 Å². The van der Waals surface area contributed by atoms with E-state index in [1.54, 1.807) is 6.08 Å². The largest absolute Gasteiger partial charge is 0.459 e. The average Bonchev–Trinajstić information content (AvgIpc) is 2.37. The molecule has 1 aromatic rings. The molecule has 3 heteroatoms. The van der Waals surface area contributed by atoms with Crippen LogP contribution in [0.25, 0.3) is 0 Å². The molecule has 3 nitrogen and oxygen atoms in total. The standard InChI is InChI=1S/C16H20O3/c1-2-9-16(12-14(17)11-15(18)19-16)10-8-13-6-4-3-5-7-13/h2-7,14,17H,1,8-12H2/t14?,16-/m0/s1. The molecule has 1 aromatic carbocycles. The second-order valence-corrected chi connectivity index (χ2v) is 5.20. The molecule has 1 fully saturated rings. The highest BCUT2D eigenvalue weighted by atomic mass is 16.6. The number of carbonyl (C=O) groups is 1. The molecule has 0 aliphatic carbocycles. The third kappa shape index (κ3) is 3.67. The summed E-state index contributed by atoms with van der Waals surface area (Å²) in [5.74, 6) is -0.311. The fourth-order valence-electron chi connectivity index (χ4n) is 2.68. The Morgan fingerprint density at radius 1 is 1.42 bits per heavy atom. The molecule has 1 aliphatic rings. The van der Waals surface area contributed by atoms with Gasteiger partial charge in [0.15, 0.2) is 0 Å². The summed E-state index contributed by atoms with van der Waals surface area (Å²) < 4.78 is 5.54. The zero-order chi connectivity index (χ0) is 13.7. The van der Waals surface area contributed by atoms with E-state index < -0.39 is 11.7 Å². The van der Waals surface area contributed by atoms with Gasteiger partial charge in [-0.25, -0.2) is 0 Å². The van der Waals surface area contributed by atoms with E-state index in [-0.39, 0.29) is 12.4 Å². The maximum absolute atomic E-state index is 11.6. The summed E-state index contributed by atoms with van der Waals surface area (Å²) in [6.45, 7) is 3.73. The second-order valence-electron chi connectivity index (χ2n) is 5.20. The number of benzene rings is 1. The third-order valence-corrected chi connectivity index (χ3v) is 3.57. The van der Waals surface area contributed by atoms with Crippen molar-refractivity contribution in [2.45, 2.75) is 43.8 Å². The van der Waals surface area contributed by atoms with Gasteiger partial charge in [-0.1, -0.05) is 36.4 Å². The highest BCUT2D eigenvalue weighted by Crippen LogP contribution is 2.34. The van der Waals surface area contributed by atoms with Crippen molar-refractivity contribution in [1.29, 1.82) is 0 Å². The number of hydrogen-bond acceptors (Lipinski definition) is 3. The van der Waals surface area contributed by atoms with E-state index in [2.05, 4.69) is 18.7 Å². The van der Waals surface area contributed by atoms with Crippen LogP contribution >= 0.6 is 0 Å². The van der Waals surface area contributed by atoms with Crippen molar-refractivity contribution in [2.24, 2.45) is 0 Å². The molecule has 19 heavy (non-hydrogen) atoms. The molecule has 1 saturated heterocycles. The summed E-state index contributed by atoms with van der Waals surface area (Å²) in [6.07, 6.45) is 3.89. The Labute approximate surface area is 113 Å². The van der Waals surface area contributed by atoms with E-state index in [0.29, 0.717) is 19.3 Å². The highest BCUT2D eigenvalue weighted by molar-refractivity contribution is 5.71. The lowest BCUT2D eigenvalue weighted by Crippen LogP contribution is -2.44. The lowest BCUT2D eigenvalue weighted by Gasteiger charge is -2.38. The molecule has 1 aliphatic heterocycles. The molecular formula is C16H20O3. The van der Waals surface area contributed by atoms with E-state index in [4.69, 9.17) is 4.74 Å². The zero-order valence-electron chi connectivity index (χ0n) is 11.0. The second kappa shape index (κ2) is 6.02. The van der Waals surface area contributed by atoms with Gasteiger partial charge < -0.3 is 9.84 Å². The number of esters is 1. The van der Waals surface area contributed by atoms with Gasteiger partial charge >= 0.3 is 5.97 Å². The molecule has 0 bridgehead atoms. The lowest BCUT2D eigenvalue weighted by molar-refractivity contribution is -0.176. The molecule has 102 valence electrons. The van der Waals surface area contributed by atoms with E-state index in [9.17, 15) is 9.90 Å². The van der Waals surface area contributed by atoms with Gasteiger partial charge in [0.2, 0.25) is 0 Å². The number of carbonyl (C=O) groups excluding carboxylic acids is 1. The fourth-order valence-corrected chi connectivity index (χ4v) is 2.68. The predicted molar refractivity (Wildman–Crippen MR) is 73.6 cm³/mol. The van der Waals surface area contributed by atoms with Gasteiger partial charge in [-0.15, -0.1) is 6.58 Å². The SMILES string of the molecule is C=CC[C@]1(CCc2ccccc2)CC(O)CC(=O)O1. The number of rotatable bonds is 5. The minimum Gasteiger partial charge on any atom is -0.459 e. The van der Waals surface area contributed by atoms with Crippen LogP contribution in [0.4, 0.5) is 0 Å². The Kier molecular flexibility index (Phi) is 4.38. The van der Waals surface area contributed by atoms with Crippen LogP contribution in [0.15, 0.2) is 43.0 Å². The number of aliphatic hydroxyl groups is 1. The Balaban J connectivity index is 2.06. The first-order valence-corrected chi connectivity index (χ1v) is 6.68. The van der Waals surface area contributed by atoms with Crippen LogP contribution in [0.1, 0.15) is 31.2 Å². The molecule has 2 atom stereocenters. The average molecular weight is 260 g/mol. The van der Waals surface area contributed by atoms with Gasteiger partial charge in [0.25, 0.3) is 0 Å². The van der Waals surface area contributed by atoms with Crippen molar-refractivity contribution in [3.8, 4) is 0 Å². The zero-order valence-corrected chi connectivity index (χ0v) is 11.0. The molecule has 0 radical (unpaired) electrons. The van der Waals surface area contributed by atoms with E-state index in [1.165, 1.54) is 5.56 Å². The first kappa shape index (κ1) is 13.8. The summed E-state index contributed by atoms with van der Waals surface area (Å²) in [5.41, 5.74) is 0.619. The maximum atomic E-state index is 11.6. The van der Waals surface area contributed by atoms with Crippen LogP contribution in [-0.2, 0) is 16.0 Å². The lowest BCUT2D eigenvalue weighted by atomic mass is 9.83. The van der Waals surface area contributed by atoms with Gasteiger partial charge in [-0.3, -0.25) is 4.79 Å². The Morgan fingerprint density at radius 2 is 2.16 bits per heavy atom. The number of cyclic esters (lactones) is 1. The first-order chi connectivity index (χ1) is 9.13. The van der Waals surface area contributed by atoms with Crippen LogP contribution in [-0.4, -0.2) is 22.8 Å². The molecule has 0 saturated carbocycles. The summed E-state index contributed by atoms with van der Waals surface area (Å²) in [7, 11) is 0. The van der Waals surface area contributed by atoms with Crippen molar-refractivity contribution in [3.05, 3.63) is 48.6 Å². The molecule has 0 aromatic heterocycles. The number of aryl methyl sites for hydroxylation is 1. The topological polar surface area (TPSA) is 46.5 Å². The number of hydrogen-bond donors (Lipinski definition) is 1. The van der Waals surface area contributed by atoms with E-state index in [0.717, 1.165) is 6.42 Å². The molecule has 0 amide bonds. The van der Waals surface area contributed by atoms with Gasteiger partial charge in [0, 0.05) is 12.8 Å². The molecule has 0 spiro atoms. The predicted octanol–water partition coefficient (Wildman–Crippen LogP) is 2.63. The third-order valence-electron chi connectivity index (χ3n) is 3.57. The minimum atomic E-state index is -0.600. The van der Waals surface area contributed by atoms with Gasteiger partial charge in [0.05, 0.1) is 12.5 Å². The quantitative estimate of drug-likeness (QED) is 0.654. The summed E-state index contributed by atoms with van der Waals surface area (Å²) >= 11 is 0. The van der Waals surface area contributed by atoms with Crippen molar-refractivity contribution in [2.75, 3.05) is 0 Å². The van der Waals surface area contributed by atoms with Gasteiger partial charge in [-0.2, -0.15) is 0 Å². The van der Waals surface area contributed by atoms with Crippen LogP contribution in [0.3, 0.4) is 0 Å². The van der Waals surface area contributed by atoms with Crippen molar-refractivity contribution >= 4 is 5.97 Å². The normalized spacial score (nSPS) is 26.8. The van der Waals surface area contributed by atoms with Gasteiger partial charge in [0.1, 0.15) is 5.60 Å². The van der Waals surface area contributed by atoms with Crippen LogP contribution in [0, 0.1) is 0 Å². The number of ether oxygens (including phenoxy) is 1. The monoisotopic (exact) mass is 260 g/mol. The fraction of sp³-hybridized carbons (Fsp3) is 0.438. The van der Waals surface area contributed by atoms with Crippen molar-refractivity contribution < 1.29 is 14.6 Å². The first-order valence-electron chi connectivity index (χ1n) is 6.68. The Bertz CT molecular complexity index is 441. The van der Waals surface area contributed by atoms with Crippen molar-refractivity contribution in [1.82, 2.24) is 0 Å². The minimum absolute atomic E-state index is 0.101. The molecular weight excluding hydrogens is 240 g/mol. The smallest absolute Gasteiger partial charge is 0.308 e. The number of aliphatic hydroxyl groups excluding tert-OH is 1.